The molecule has 0 spiro atoms. The number of nitrogens with zero attached hydrogens (tertiary/aromatic N) is 2. The number of hydrogen-bond donors (Lipinski definition) is 2. The van der Waals surface area contributed by atoms with E-state index in [4.69, 9.17) is 11.6 Å². The van der Waals surface area contributed by atoms with E-state index in [-0.39, 0.29) is 10.6 Å². The van der Waals surface area contributed by atoms with Gasteiger partial charge in [0.2, 0.25) is 0 Å². The Morgan fingerprint density at radius 1 is 0.931 bits per heavy atom. The summed E-state index contributed by atoms with van der Waals surface area (Å²) in [5, 5.41) is 3.22. The first-order chi connectivity index (χ1) is 13.9. The zero-order valence-electron chi connectivity index (χ0n) is 15.6. The molecule has 148 valence electrons. The molecule has 6 nitrogen and oxygen atoms in total. The minimum atomic E-state index is -0.623. The van der Waals surface area contributed by atoms with E-state index in [1.165, 1.54) is 11.8 Å². The SMILES string of the molecule is Cc1cc(C)nc(Sc2ccc(SNC(=O)NC(=O)c3ccccc3Cl)cc2)n1. The number of hydrogen-bond acceptors (Lipinski definition) is 6. The molecule has 1 heterocycles. The molecule has 0 saturated carbocycles. The van der Waals surface area contributed by atoms with Gasteiger partial charge in [0, 0.05) is 21.2 Å². The third kappa shape index (κ3) is 6.22. The largest absolute Gasteiger partial charge is 0.331 e. The van der Waals surface area contributed by atoms with Gasteiger partial charge in [0.25, 0.3) is 5.91 Å². The average molecular weight is 445 g/mol. The van der Waals surface area contributed by atoms with Crippen molar-refractivity contribution in [1.29, 1.82) is 0 Å². The first-order valence-corrected chi connectivity index (χ1v) is 10.5. The van der Waals surface area contributed by atoms with Gasteiger partial charge >= 0.3 is 6.03 Å². The molecule has 2 N–H and O–H groups in total. The third-order valence-corrected chi connectivity index (χ3v) is 5.60. The van der Waals surface area contributed by atoms with Crippen LogP contribution in [0.3, 0.4) is 0 Å². The van der Waals surface area contributed by atoms with Crippen molar-refractivity contribution in [3.05, 3.63) is 76.6 Å². The van der Waals surface area contributed by atoms with Gasteiger partial charge in [-0.05, 0) is 80.0 Å². The number of benzene rings is 2. The molecule has 3 amide bonds. The fourth-order valence-corrected chi connectivity index (χ4v) is 3.98. The van der Waals surface area contributed by atoms with E-state index in [1.54, 1.807) is 24.3 Å². The van der Waals surface area contributed by atoms with Crippen LogP contribution in [0.1, 0.15) is 21.7 Å². The second-order valence-electron chi connectivity index (χ2n) is 5.97. The van der Waals surface area contributed by atoms with Gasteiger partial charge < -0.3 is 0 Å². The molecule has 0 atom stereocenters. The minimum absolute atomic E-state index is 0.240. The maximum Gasteiger partial charge on any atom is 0.331 e. The van der Waals surface area contributed by atoms with Crippen LogP contribution in [-0.2, 0) is 0 Å². The van der Waals surface area contributed by atoms with Crippen LogP contribution in [0.5, 0.6) is 0 Å². The van der Waals surface area contributed by atoms with Gasteiger partial charge in [0.1, 0.15) is 0 Å². The van der Waals surface area contributed by atoms with Crippen molar-refractivity contribution >= 4 is 47.2 Å². The molecule has 1 aromatic heterocycles. The number of carbonyl (C=O) groups is 2. The van der Waals surface area contributed by atoms with Crippen molar-refractivity contribution in [2.24, 2.45) is 0 Å². The average Bonchev–Trinajstić information content (AvgIpc) is 2.67. The van der Waals surface area contributed by atoms with Gasteiger partial charge in [-0.25, -0.2) is 14.8 Å². The van der Waals surface area contributed by atoms with E-state index in [1.807, 2.05) is 44.2 Å². The highest BCUT2D eigenvalue weighted by Gasteiger charge is 2.13. The van der Waals surface area contributed by atoms with E-state index in [0.717, 1.165) is 33.1 Å². The molecule has 9 heteroatoms. The van der Waals surface area contributed by atoms with E-state index < -0.39 is 11.9 Å². The van der Waals surface area contributed by atoms with Crippen LogP contribution in [0.2, 0.25) is 5.02 Å². The molecule has 0 bridgehead atoms. The predicted molar refractivity (Wildman–Crippen MR) is 115 cm³/mol. The molecule has 3 rings (SSSR count). The standard InChI is InChI=1S/C20H17ClN4O2S2/c1-12-11-13(2)23-20(22-12)28-14-7-9-15(10-8-14)29-25-19(27)24-18(26)16-5-3-4-6-17(16)21/h3-11H,1-2H3,(H2,24,25,26,27). The number of carbonyl (C=O) groups excluding carboxylic acids is 2. The normalized spacial score (nSPS) is 10.4. The third-order valence-electron chi connectivity index (χ3n) is 3.60. The summed E-state index contributed by atoms with van der Waals surface area (Å²) in [7, 11) is 0. The summed E-state index contributed by atoms with van der Waals surface area (Å²) in [6.07, 6.45) is 0. The van der Waals surface area contributed by atoms with E-state index in [9.17, 15) is 9.59 Å². The summed E-state index contributed by atoms with van der Waals surface area (Å²) in [4.78, 5) is 34.6. The second-order valence-corrected chi connectivity index (χ2v) is 8.30. The lowest BCUT2D eigenvalue weighted by atomic mass is 10.2. The Hall–Kier alpha value is -2.55. The molecule has 0 saturated heterocycles. The number of aryl methyl sites for hydroxylation is 2. The Bertz CT molecular complexity index is 1020. The van der Waals surface area contributed by atoms with Crippen LogP contribution in [0.25, 0.3) is 0 Å². The second kappa shape index (κ2) is 9.78. The van der Waals surface area contributed by atoms with Crippen LogP contribution in [-0.4, -0.2) is 21.9 Å². The summed E-state index contributed by atoms with van der Waals surface area (Å²) in [5.74, 6) is -0.561. The van der Waals surface area contributed by atoms with Crippen molar-refractivity contribution in [2.75, 3.05) is 0 Å². The summed E-state index contributed by atoms with van der Waals surface area (Å²) in [6.45, 7) is 3.87. The Morgan fingerprint density at radius 2 is 1.55 bits per heavy atom. The summed E-state index contributed by atoms with van der Waals surface area (Å²) >= 11 is 8.53. The molecule has 0 aliphatic rings. The lowest BCUT2D eigenvalue weighted by Gasteiger charge is -2.07. The van der Waals surface area contributed by atoms with Crippen LogP contribution in [0.15, 0.2) is 69.5 Å². The Kier molecular flexibility index (Phi) is 7.13. The van der Waals surface area contributed by atoms with E-state index >= 15 is 0 Å². The zero-order chi connectivity index (χ0) is 20.8. The first kappa shape index (κ1) is 21.2. The monoisotopic (exact) mass is 444 g/mol. The summed E-state index contributed by atoms with van der Waals surface area (Å²) in [5.41, 5.74) is 2.09. The van der Waals surface area contributed by atoms with Crippen LogP contribution >= 0.6 is 35.3 Å². The molecule has 0 fully saturated rings. The van der Waals surface area contributed by atoms with E-state index in [2.05, 4.69) is 20.0 Å². The number of amides is 3. The summed E-state index contributed by atoms with van der Waals surface area (Å²) in [6, 6.07) is 15.4. The molecule has 29 heavy (non-hydrogen) atoms. The highest BCUT2D eigenvalue weighted by atomic mass is 35.5. The van der Waals surface area contributed by atoms with Gasteiger partial charge in [-0.1, -0.05) is 23.7 Å². The quantitative estimate of drug-likeness (QED) is 0.423. The lowest BCUT2D eigenvalue weighted by Crippen LogP contribution is -2.36. The topological polar surface area (TPSA) is 84.0 Å². The van der Waals surface area contributed by atoms with Crippen molar-refractivity contribution in [2.45, 2.75) is 28.8 Å². The highest BCUT2D eigenvalue weighted by molar-refractivity contribution is 7.99. The zero-order valence-corrected chi connectivity index (χ0v) is 18.0. The van der Waals surface area contributed by atoms with Crippen LogP contribution in [0, 0.1) is 13.8 Å². The molecule has 0 aliphatic carbocycles. The Labute approximate surface area is 182 Å². The minimum Gasteiger partial charge on any atom is -0.277 e. The van der Waals surface area contributed by atoms with Crippen molar-refractivity contribution in [3.63, 3.8) is 0 Å². The number of halogens is 1. The molecular weight excluding hydrogens is 428 g/mol. The Morgan fingerprint density at radius 3 is 2.21 bits per heavy atom. The number of aromatic nitrogens is 2. The maximum absolute atomic E-state index is 12.1. The van der Waals surface area contributed by atoms with Crippen molar-refractivity contribution in [1.82, 2.24) is 20.0 Å². The molecule has 0 radical (unpaired) electrons. The first-order valence-electron chi connectivity index (χ1n) is 8.53. The Balaban J connectivity index is 1.52. The van der Waals surface area contributed by atoms with Gasteiger partial charge in [0.15, 0.2) is 5.16 Å². The fourth-order valence-electron chi connectivity index (χ4n) is 2.37. The number of imide groups is 1. The van der Waals surface area contributed by atoms with Crippen molar-refractivity contribution in [3.8, 4) is 0 Å². The molecule has 0 aliphatic heterocycles. The van der Waals surface area contributed by atoms with Crippen molar-refractivity contribution < 1.29 is 9.59 Å². The van der Waals surface area contributed by atoms with Crippen LogP contribution in [0.4, 0.5) is 4.79 Å². The molecule has 3 aromatic rings. The van der Waals surface area contributed by atoms with E-state index in [0.29, 0.717) is 5.16 Å². The molecule has 2 aromatic carbocycles. The van der Waals surface area contributed by atoms with Gasteiger partial charge in [-0.3, -0.25) is 14.8 Å². The molecular formula is C20H17ClN4O2S2. The number of rotatable bonds is 5. The lowest BCUT2D eigenvalue weighted by molar-refractivity contribution is 0.0965. The maximum atomic E-state index is 12.1. The van der Waals surface area contributed by atoms with Crippen LogP contribution < -0.4 is 10.0 Å². The smallest absolute Gasteiger partial charge is 0.277 e. The highest BCUT2D eigenvalue weighted by Crippen LogP contribution is 2.27. The number of urea groups is 1. The summed E-state index contributed by atoms with van der Waals surface area (Å²) < 4.78 is 2.57. The molecule has 0 unspecified atom stereocenters. The van der Waals surface area contributed by atoms with Gasteiger partial charge in [0.05, 0.1) is 10.6 Å². The predicted octanol–water partition coefficient (Wildman–Crippen LogP) is 5.04. The fraction of sp³-hybridized carbons (Fsp3) is 0.100. The van der Waals surface area contributed by atoms with Gasteiger partial charge in [-0.15, -0.1) is 0 Å². The number of nitrogens with one attached hydrogen (secondary N) is 2. The van der Waals surface area contributed by atoms with Gasteiger partial charge in [-0.2, -0.15) is 0 Å².